The molecular weight excluding hydrogens is 266 g/mol. The first-order valence-electron chi connectivity index (χ1n) is 6.43. The summed E-state index contributed by atoms with van der Waals surface area (Å²) in [6.07, 6.45) is 1.04. The standard InChI is InChI=1S/C12H21N3OS2/c1-3-10-9(2)13-12(18-17)15-5-4-14(6-7-16)8-11(10)15/h9,16-17H,3-8H2,1-2H3/t9-/m0/s1. The zero-order valence-corrected chi connectivity index (χ0v) is 12.7. The van der Waals surface area contributed by atoms with E-state index in [-0.39, 0.29) is 12.6 Å². The van der Waals surface area contributed by atoms with Crippen LogP contribution in [-0.4, -0.2) is 58.9 Å². The lowest BCUT2D eigenvalue weighted by Gasteiger charge is -2.42. The van der Waals surface area contributed by atoms with E-state index in [1.807, 2.05) is 0 Å². The van der Waals surface area contributed by atoms with E-state index in [4.69, 9.17) is 10.1 Å². The van der Waals surface area contributed by atoms with Crippen LogP contribution in [0.1, 0.15) is 20.3 Å². The lowest BCUT2D eigenvalue weighted by Crippen LogP contribution is -2.49. The van der Waals surface area contributed by atoms with E-state index in [1.165, 1.54) is 22.1 Å². The molecule has 2 heterocycles. The summed E-state index contributed by atoms with van der Waals surface area (Å²) in [7, 11) is 1.43. The van der Waals surface area contributed by atoms with Gasteiger partial charge in [-0.2, -0.15) is 0 Å². The third kappa shape index (κ3) is 2.71. The van der Waals surface area contributed by atoms with Crippen molar-refractivity contribution in [3.8, 4) is 0 Å². The third-order valence-corrected chi connectivity index (χ3v) is 4.61. The quantitative estimate of drug-likeness (QED) is 0.611. The highest BCUT2D eigenvalue weighted by atomic mass is 33.1. The topological polar surface area (TPSA) is 39.1 Å². The first-order valence-corrected chi connectivity index (χ1v) is 8.30. The maximum Gasteiger partial charge on any atom is 0.174 e. The van der Waals surface area contributed by atoms with E-state index in [9.17, 15) is 0 Å². The van der Waals surface area contributed by atoms with Gasteiger partial charge in [0.2, 0.25) is 0 Å². The van der Waals surface area contributed by atoms with Gasteiger partial charge in [-0.15, -0.1) is 11.7 Å². The molecule has 1 saturated heterocycles. The van der Waals surface area contributed by atoms with Crippen molar-refractivity contribution in [2.45, 2.75) is 26.3 Å². The van der Waals surface area contributed by atoms with Gasteiger partial charge in [0.15, 0.2) is 5.17 Å². The van der Waals surface area contributed by atoms with Gasteiger partial charge in [0, 0.05) is 31.9 Å². The molecule has 102 valence electrons. The van der Waals surface area contributed by atoms with Crippen LogP contribution in [0.2, 0.25) is 0 Å². The van der Waals surface area contributed by atoms with Gasteiger partial charge in [-0.1, -0.05) is 6.92 Å². The molecule has 2 aliphatic heterocycles. The Morgan fingerprint density at radius 3 is 2.89 bits per heavy atom. The Labute approximate surface area is 118 Å². The molecular formula is C12H21N3OS2. The van der Waals surface area contributed by atoms with Crippen LogP contribution in [-0.2, 0) is 0 Å². The van der Waals surface area contributed by atoms with Crippen molar-refractivity contribution >= 4 is 27.6 Å². The summed E-state index contributed by atoms with van der Waals surface area (Å²) in [5, 5.41) is 10.1. The fourth-order valence-electron chi connectivity index (χ4n) is 2.70. The molecule has 1 fully saturated rings. The first-order chi connectivity index (χ1) is 8.71. The van der Waals surface area contributed by atoms with Gasteiger partial charge >= 0.3 is 0 Å². The molecule has 0 bridgehead atoms. The van der Waals surface area contributed by atoms with Crippen molar-refractivity contribution in [3.63, 3.8) is 0 Å². The molecule has 4 nitrogen and oxygen atoms in total. The second-order valence-corrected chi connectivity index (χ2v) is 5.75. The molecule has 0 aromatic heterocycles. The highest BCUT2D eigenvalue weighted by molar-refractivity contribution is 8.74. The summed E-state index contributed by atoms with van der Waals surface area (Å²) in [4.78, 5) is 9.31. The van der Waals surface area contributed by atoms with Gasteiger partial charge in [-0.05, 0) is 29.7 Å². The second kappa shape index (κ2) is 6.32. The number of rotatable bonds is 3. The molecule has 0 aromatic rings. The Bertz CT molecular complexity index is 370. The van der Waals surface area contributed by atoms with Crippen LogP contribution < -0.4 is 0 Å². The van der Waals surface area contributed by atoms with Gasteiger partial charge < -0.3 is 10.0 Å². The number of nitrogens with zero attached hydrogens (tertiary/aromatic N) is 3. The first kappa shape index (κ1) is 14.2. The molecule has 18 heavy (non-hydrogen) atoms. The van der Waals surface area contributed by atoms with E-state index < -0.39 is 0 Å². The summed E-state index contributed by atoms with van der Waals surface area (Å²) in [5.74, 6) is 0. The number of aliphatic imine (C=N–C) groups is 1. The minimum Gasteiger partial charge on any atom is -0.395 e. The summed E-state index contributed by atoms with van der Waals surface area (Å²) in [5.41, 5.74) is 2.79. The van der Waals surface area contributed by atoms with E-state index >= 15 is 0 Å². The normalized spacial score (nSPS) is 25.2. The predicted molar refractivity (Wildman–Crippen MR) is 81.0 cm³/mol. The van der Waals surface area contributed by atoms with Crippen LogP contribution in [0.25, 0.3) is 0 Å². The van der Waals surface area contributed by atoms with Crippen molar-refractivity contribution in [1.82, 2.24) is 9.80 Å². The van der Waals surface area contributed by atoms with E-state index in [0.29, 0.717) is 0 Å². The lowest BCUT2D eigenvalue weighted by molar-refractivity contribution is 0.169. The SMILES string of the molecule is CCC1=C2CN(CCO)CCN2C(SS)=N[C@H]1C. The largest absolute Gasteiger partial charge is 0.395 e. The highest BCUT2D eigenvalue weighted by Gasteiger charge is 2.31. The molecule has 0 saturated carbocycles. The van der Waals surface area contributed by atoms with Crippen LogP contribution in [0.15, 0.2) is 16.3 Å². The van der Waals surface area contributed by atoms with Crippen molar-refractivity contribution in [2.75, 3.05) is 32.8 Å². The summed E-state index contributed by atoms with van der Waals surface area (Å²) in [6, 6.07) is 0.255. The molecule has 0 spiro atoms. The number of β-amino-alcohol motifs (C(OH)–C–C–N with tert-alkyl or cyclic N) is 1. The van der Waals surface area contributed by atoms with Crippen molar-refractivity contribution < 1.29 is 5.11 Å². The van der Waals surface area contributed by atoms with Gasteiger partial charge in [0.25, 0.3) is 0 Å². The van der Waals surface area contributed by atoms with Crippen molar-refractivity contribution in [1.29, 1.82) is 0 Å². The smallest absolute Gasteiger partial charge is 0.174 e. The summed E-state index contributed by atoms with van der Waals surface area (Å²) in [6.45, 7) is 8.16. The van der Waals surface area contributed by atoms with Gasteiger partial charge in [-0.3, -0.25) is 9.89 Å². The number of fused-ring (bicyclic) bond motifs is 1. The number of thiol groups is 1. The number of amidine groups is 1. The van der Waals surface area contributed by atoms with Gasteiger partial charge in [0.05, 0.1) is 12.6 Å². The Kier molecular flexibility index (Phi) is 5.00. The van der Waals surface area contributed by atoms with E-state index in [0.717, 1.165) is 37.8 Å². The Hall–Kier alpha value is -0.170. The fourth-order valence-corrected chi connectivity index (χ4v) is 3.64. The zero-order valence-electron chi connectivity index (χ0n) is 11.0. The Morgan fingerprint density at radius 1 is 1.50 bits per heavy atom. The molecule has 0 aromatic carbocycles. The molecule has 0 amide bonds. The van der Waals surface area contributed by atoms with Crippen molar-refractivity contribution in [2.24, 2.45) is 4.99 Å². The average molecular weight is 287 g/mol. The fraction of sp³-hybridized carbons (Fsp3) is 0.750. The van der Waals surface area contributed by atoms with Gasteiger partial charge in [-0.25, -0.2) is 0 Å². The van der Waals surface area contributed by atoms with Gasteiger partial charge in [0.1, 0.15) is 0 Å². The minimum absolute atomic E-state index is 0.229. The number of hydrogen-bond acceptors (Lipinski definition) is 6. The van der Waals surface area contributed by atoms with Crippen LogP contribution in [0.4, 0.5) is 0 Å². The Morgan fingerprint density at radius 2 is 2.28 bits per heavy atom. The minimum atomic E-state index is 0.229. The maximum atomic E-state index is 9.08. The summed E-state index contributed by atoms with van der Waals surface area (Å²) >= 11 is 4.31. The molecule has 0 aliphatic carbocycles. The Balaban J connectivity index is 2.24. The molecule has 2 rings (SSSR count). The molecule has 2 aliphatic rings. The number of piperazine rings is 1. The number of aliphatic hydroxyl groups is 1. The van der Waals surface area contributed by atoms with Crippen LogP contribution in [0.5, 0.6) is 0 Å². The predicted octanol–water partition coefficient (Wildman–Crippen LogP) is 1.60. The van der Waals surface area contributed by atoms with E-state index in [1.54, 1.807) is 0 Å². The zero-order chi connectivity index (χ0) is 13.1. The highest BCUT2D eigenvalue weighted by Crippen LogP contribution is 2.31. The molecule has 1 N–H and O–H groups in total. The van der Waals surface area contributed by atoms with Crippen LogP contribution in [0.3, 0.4) is 0 Å². The molecule has 1 atom stereocenters. The monoisotopic (exact) mass is 287 g/mol. The third-order valence-electron chi connectivity index (χ3n) is 3.63. The number of aliphatic hydroxyl groups excluding tert-OH is 1. The number of hydrogen-bond donors (Lipinski definition) is 2. The van der Waals surface area contributed by atoms with Crippen LogP contribution in [0, 0.1) is 0 Å². The van der Waals surface area contributed by atoms with Crippen LogP contribution >= 0.6 is 22.5 Å². The average Bonchev–Trinajstić information content (AvgIpc) is 2.38. The lowest BCUT2D eigenvalue weighted by atomic mass is 10.00. The van der Waals surface area contributed by atoms with Crippen molar-refractivity contribution in [3.05, 3.63) is 11.3 Å². The van der Waals surface area contributed by atoms with E-state index in [2.05, 4.69) is 35.3 Å². The second-order valence-electron chi connectivity index (χ2n) is 4.66. The summed E-state index contributed by atoms with van der Waals surface area (Å²) < 4.78 is 0. The molecule has 0 radical (unpaired) electrons. The molecule has 6 heteroatoms. The molecule has 0 unspecified atom stereocenters. The maximum absolute atomic E-state index is 9.08.